The molecule has 10 nitrogen and oxygen atoms in total. The van der Waals surface area contributed by atoms with E-state index in [4.69, 9.17) is 0 Å². The Morgan fingerprint density at radius 1 is 0.625 bits per heavy atom. The molecule has 1 aliphatic heterocycles. The van der Waals surface area contributed by atoms with Gasteiger partial charge < -0.3 is 15.3 Å². The molecule has 0 radical (unpaired) electrons. The van der Waals surface area contributed by atoms with Gasteiger partial charge in [-0.1, -0.05) is 29.8 Å². The van der Waals surface area contributed by atoms with Crippen LogP contribution in [0.2, 0.25) is 0 Å². The highest BCUT2D eigenvalue weighted by atomic mass is 16.4. The summed E-state index contributed by atoms with van der Waals surface area (Å²) in [4.78, 5) is 41.5. The third-order valence-corrected chi connectivity index (χ3v) is 5.53. The first-order valence-corrected chi connectivity index (χ1v) is 10.8. The topological polar surface area (TPSA) is 125 Å². The molecular formula is C22H34N4O6. The van der Waals surface area contributed by atoms with Gasteiger partial charge in [0.1, 0.15) is 0 Å². The molecule has 0 aliphatic carbocycles. The smallest absolute Gasteiger partial charge is 0.317 e. The Hall–Kier alpha value is -2.53. The van der Waals surface area contributed by atoms with Crippen LogP contribution in [-0.4, -0.2) is 125 Å². The fourth-order valence-corrected chi connectivity index (χ4v) is 3.74. The number of carboxylic acids is 3. The van der Waals surface area contributed by atoms with E-state index in [-0.39, 0.29) is 19.6 Å². The van der Waals surface area contributed by atoms with Crippen molar-refractivity contribution in [2.75, 3.05) is 72.0 Å². The van der Waals surface area contributed by atoms with E-state index >= 15 is 0 Å². The van der Waals surface area contributed by atoms with Crippen molar-refractivity contribution in [2.24, 2.45) is 0 Å². The molecule has 0 bridgehead atoms. The van der Waals surface area contributed by atoms with E-state index in [1.54, 1.807) is 4.90 Å². The molecule has 0 unspecified atom stereocenters. The van der Waals surface area contributed by atoms with Crippen LogP contribution < -0.4 is 0 Å². The van der Waals surface area contributed by atoms with Crippen LogP contribution in [0, 0.1) is 6.92 Å². The maximum Gasteiger partial charge on any atom is 0.317 e. The summed E-state index contributed by atoms with van der Waals surface area (Å²) in [5.41, 5.74) is 2.32. The minimum absolute atomic E-state index is 0.107. The number of rotatable bonds is 8. The summed E-state index contributed by atoms with van der Waals surface area (Å²) in [5.74, 6) is -2.80. The Kier molecular flexibility index (Phi) is 10.5. The van der Waals surface area contributed by atoms with E-state index in [0.717, 1.165) is 5.56 Å². The van der Waals surface area contributed by atoms with Crippen LogP contribution in [0.25, 0.3) is 0 Å². The molecule has 1 aliphatic rings. The molecular weight excluding hydrogens is 416 g/mol. The number of aryl methyl sites for hydroxylation is 1. The monoisotopic (exact) mass is 450 g/mol. The van der Waals surface area contributed by atoms with Gasteiger partial charge in [0.25, 0.3) is 0 Å². The van der Waals surface area contributed by atoms with Crippen molar-refractivity contribution >= 4 is 17.9 Å². The molecule has 0 atom stereocenters. The van der Waals surface area contributed by atoms with Gasteiger partial charge in [0.2, 0.25) is 0 Å². The van der Waals surface area contributed by atoms with Crippen LogP contribution in [0.5, 0.6) is 0 Å². The first-order valence-electron chi connectivity index (χ1n) is 10.8. The molecule has 0 saturated carbocycles. The number of carbonyl (C=O) groups is 3. The van der Waals surface area contributed by atoms with Crippen molar-refractivity contribution in [1.29, 1.82) is 0 Å². The second-order valence-electron chi connectivity index (χ2n) is 8.27. The zero-order valence-corrected chi connectivity index (χ0v) is 18.6. The SMILES string of the molecule is Cc1ccc(CN2CCN(CC(=O)O)CCN(CC(=O)O)CCN(CC(=O)O)CC2)cc1. The summed E-state index contributed by atoms with van der Waals surface area (Å²) in [6.07, 6.45) is 0. The van der Waals surface area contributed by atoms with Gasteiger partial charge in [-0.3, -0.25) is 34.0 Å². The molecule has 1 fully saturated rings. The highest BCUT2D eigenvalue weighted by Gasteiger charge is 2.20. The van der Waals surface area contributed by atoms with E-state index < -0.39 is 17.9 Å². The van der Waals surface area contributed by atoms with E-state index in [2.05, 4.69) is 29.2 Å². The number of nitrogens with zero attached hydrogens (tertiary/aromatic N) is 4. The predicted octanol–water partition coefficient (Wildman–Crippen LogP) is -0.0296. The third-order valence-electron chi connectivity index (χ3n) is 5.53. The average molecular weight is 451 g/mol. The third kappa shape index (κ3) is 10.2. The van der Waals surface area contributed by atoms with Crippen LogP contribution in [0.3, 0.4) is 0 Å². The summed E-state index contributed by atoms with van der Waals surface area (Å²) in [6.45, 7) is 6.30. The van der Waals surface area contributed by atoms with Crippen molar-refractivity contribution in [3.63, 3.8) is 0 Å². The van der Waals surface area contributed by atoms with Crippen molar-refractivity contribution in [2.45, 2.75) is 13.5 Å². The Morgan fingerprint density at radius 2 is 0.938 bits per heavy atom. The van der Waals surface area contributed by atoms with Gasteiger partial charge in [-0.2, -0.15) is 0 Å². The maximum atomic E-state index is 11.3. The van der Waals surface area contributed by atoms with Crippen LogP contribution in [-0.2, 0) is 20.9 Å². The van der Waals surface area contributed by atoms with Crippen LogP contribution in [0.15, 0.2) is 24.3 Å². The second kappa shape index (κ2) is 13.1. The predicted molar refractivity (Wildman–Crippen MR) is 119 cm³/mol. The molecule has 1 aromatic rings. The van der Waals surface area contributed by atoms with Gasteiger partial charge in [-0.15, -0.1) is 0 Å². The normalized spacial score (nSPS) is 18.5. The van der Waals surface area contributed by atoms with Crippen molar-refractivity contribution in [1.82, 2.24) is 19.6 Å². The van der Waals surface area contributed by atoms with Gasteiger partial charge >= 0.3 is 17.9 Å². The molecule has 1 saturated heterocycles. The zero-order chi connectivity index (χ0) is 23.5. The van der Waals surface area contributed by atoms with Crippen LogP contribution in [0.1, 0.15) is 11.1 Å². The van der Waals surface area contributed by atoms with Gasteiger partial charge in [0, 0.05) is 58.9 Å². The number of carboxylic acid groups (broad SMARTS) is 3. The molecule has 0 amide bonds. The molecule has 178 valence electrons. The average Bonchev–Trinajstić information content (AvgIpc) is 2.70. The molecule has 1 aromatic carbocycles. The minimum Gasteiger partial charge on any atom is -0.480 e. The van der Waals surface area contributed by atoms with Crippen molar-refractivity contribution in [3.05, 3.63) is 35.4 Å². The Morgan fingerprint density at radius 3 is 1.25 bits per heavy atom. The Labute approximate surface area is 188 Å². The highest BCUT2D eigenvalue weighted by Crippen LogP contribution is 2.08. The summed E-state index contributed by atoms with van der Waals surface area (Å²) in [7, 11) is 0. The lowest BCUT2D eigenvalue weighted by Crippen LogP contribution is -2.48. The first kappa shape index (κ1) is 25.7. The van der Waals surface area contributed by atoms with Crippen molar-refractivity contribution in [3.8, 4) is 0 Å². The second-order valence-corrected chi connectivity index (χ2v) is 8.27. The summed E-state index contributed by atoms with van der Waals surface area (Å²) in [5, 5.41) is 27.8. The molecule has 1 heterocycles. The quantitative estimate of drug-likeness (QED) is 0.497. The first-order chi connectivity index (χ1) is 15.2. The molecule has 32 heavy (non-hydrogen) atoms. The van der Waals surface area contributed by atoms with Gasteiger partial charge in [0.05, 0.1) is 19.6 Å². The molecule has 0 spiro atoms. The van der Waals surface area contributed by atoms with Crippen LogP contribution >= 0.6 is 0 Å². The minimum atomic E-state index is -0.962. The fourth-order valence-electron chi connectivity index (χ4n) is 3.74. The number of hydrogen-bond acceptors (Lipinski definition) is 7. The summed E-state index contributed by atoms with van der Waals surface area (Å²) in [6, 6.07) is 8.24. The zero-order valence-electron chi connectivity index (χ0n) is 18.6. The van der Waals surface area contributed by atoms with Gasteiger partial charge in [0.15, 0.2) is 0 Å². The number of benzene rings is 1. The van der Waals surface area contributed by atoms with E-state index in [9.17, 15) is 29.7 Å². The molecule has 2 rings (SSSR count). The van der Waals surface area contributed by atoms with E-state index in [1.165, 1.54) is 5.56 Å². The molecule has 3 N–H and O–H groups in total. The molecule has 0 aromatic heterocycles. The van der Waals surface area contributed by atoms with Crippen molar-refractivity contribution < 1.29 is 29.7 Å². The van der Waals surface area contributed by atoms with Crippen LogP contribution in [0.4, 0.5) is 0 Å². The summed E-state index contributed by atoms with van der Waals surface area (Å²) >= 11 is 0. The Bertz CT molecular complexity index is 725. The largest absolute Gasteiger partial charge is 0.480 e. The van der Waals surface area contributed by atoms with Gasteiger partial charge in [-0.25, -0.2) is 0 Å². The summed E-state index contributed by atoms with van der Waals surface area (Å²) < 4.78 is 0. The lowest BCUT2D eigenvalue weighted by molar-refractivity contribution is -0.140. The lowest BCUT2D eigenvalue weighted by atomic mass is 10.1. The number of hydrogen-bond donors (Lipinski definition) is 3. The van der Waals surface area contributed by atoms with Gasteiger partial charge in [-0.05, 0) is 12.5 Å². The fraction of sp³-hybridized carbons (Fsp3) is 0.591. The maximum absolute atomic E-state index is 11.3. The highest BCUT2D eigenvalue weighted by molar-refractivity contribution is 5.69. The lowest BCUT2D eigenvalue weighted by Gasteiger charge is -2.33. The number of aliphatic carboxylic acids is 3. The molecule has 10 heteroatoms. The standard InChI is InChI=1S/C22H34N4O6/c1-18-2-4-19(5-3-18)14-23-6-8-24(15-20(27)28)10-12-26(17-22(31)32)13-11-25(9-7-23)16-21(29)30/h2-5H,6-17H2,1H3,(H,27,28)(H,29,30)(H,31,32). The van der Waals surface area contributed by atoms with E-state index in [1.807, 2.05) is 16.7 Å². The Balaban J connectivity index is 2.15. The van der Waals surface area contributed by atoms with E-state index in [0.29, 0.717) is 58.9 Å².